The molecular formula is C23H21FN2O2S. The second-order valence-electron chi connectivity index (χ2n) is 7.26. The van der Waals surface area contributed by atoms with Gasteiger partial charge in [-0.25, -0.2) is 4.39 Å². The van der Waals surface area contributed by atoms with Gasteiger partial charge in [0.05, 0.1) is 15.9 Å². The van der Waals surface area contributed by atoms with Crippen molar-refractivity contribution in [3.8, 4) is 0 Å². The first kappa shape index (κ1) is 19.3. The lowest BCUT2D eigenvalue weighted by atomic mass is 10.1. The zero-order valence-electron chi connectivity index (χ0n) is 16.2. The number of halogens is 1. The minimum Gasteiger partial charge on any atom is -0.334 e. The van der Waals surface area contributed by atoms with E-state index in [0.717, 1.165) is 18.4 Å². The van der Waals surface area contributed by atoms with Crippen LogP contribution in [-0.4, -0.2) is 23.8 Å². The monoisotopic (exact) mass is 408 g/mol. The van der Waals surface area contributed by atoms with E-state index in [1.165, 1.54) is 40.7 Å². The molecule has 6 heteroatoms. The molecule has 1 aliphatic carbocycles. The van der Waals surface area contributed by atoms with E-state index < -0.39 is 11.7 Å². The lowest BCUT2D eigenvalue weighted by Gasteiger charge is -2.25. The smallest absolute Gasteiger partial charge is 0.264 e. The van der Waals surface area contributed by atoms with Gasteiger partial charge in [-0.3, -0.25) is 9.59 Å². The fraction of sp³-hybridized carbons (Fsp3) is 0.217. The van der Waals surface area contributed by atoms with Gasteiger partial charge < -0.3 is 10.2 Å². The summed E-state index contributed by atoms with van der Waals surface area (Å²) in [4.78, 5) is 27.9. The van der Waals surface area contributed by atoms with E-state index in [2.05, 4.69) is 17.4 Å². The van der Waals surface area contributed by atoms with Gasteiger partial charge in [-0.2, -0.15) is 0 Å². The van der Waals surface area contributed by atoms with Crippen molar-refractivity contribution < 1.29 is 14.0 Å². The third-order valence-corrected chi connectivity index (χ3v) is 6.47. The number of nitrogens with zero attached hydrogens (tertiary/aromatic N) is 1. The molecule has 0 aliphatic heterocycles. The minimum absolute atomic E-state index is 0.0551. The molecule has 3 aromatic rings. The van der Waals surface area contributed by atoms with Crippen molar-refractivity contribution in [2.24, 2.45) is 0 Å². The standard InChI is InChI=1S/C23H21FN2O2S/c1-14-12-20(25-22(27)16-7-5-8-17(24)13-16)29-21(14)23(28)26(2)19-11-10-15-6-3-4-9-18(15)19/h3-9,12-13,19H,10-11H2,1-2H3,(H,25,27). The van der Waals surface area contributed by atoms with Crippen LogP contribution in [-0.2, 0) is 6.42 Å². The SMILES string of the molecule is Cc1cc(NC(=O)c2cccc(F)c2)sc1C(=O)N(C)C1CCc2ccccc21. The number of carbonyl (C=O) groups excluding carboxylic acids is 2. The molecule has 1 N–H and O–H groups in total. The van der Waals surface area contributed by atoms with Gasteiger partial charge in [-0.15, -0.1) is 11.3 Å². The van der Waals surface area contributed by atoms with E-state index in [1.807, 2.05) is 26.1 Å². The minimum atomic E-state index is -0.464. The average molecular weight is 408 g/mol. The number of thiophene rings is 1. The largest absolute Gasteiger partial charge is 0.334 e. The molecule has 0 bridgehead atoms. The molecule has 0 fully saturated rings. The van der Waals surface area contributed by atoms with Gasteiger partial charge in [0, 0.05) is 12.6 Å². The Kier molecular flexibility index (Phi) is 5.20. The number of nitrogens with one attached hydrogen (secondary N) is 1. The van der Waals surface area contributed by atoms with E-state index in [0.29, 0.717) is 9.88 Å². The van der Waals surface area contributed by atoms with Crippen LogP contribution in [0.15, 0.2) is 54.6 Å². The van der Waals surface area contributed by atoms with Gasteiger partial charge in [-0.1, -0.05) is 30.3 Å². The van der Waals surface area contributed by atoms with Crippen molar-refractivity contribution in [1.29, 1.82) is 0 Å². The van der Waals surface area contributed by atoms with Crippen LogP contribution in [0.1, 0.15) is 49.2 Å². The van der Waals surface area contributed by atoms with E-state index in [9.17, 15) is 14.0 Å². The Balaban J connectivity index is 1.52. The predicted octanol–water partition coefficient (Wildman–Crippen LogP) is 5.21. The van der Waals surface area contributed by atoms with Crippen LogP contribution in [0.4, 0.5) is 9.39 Å². The summed E-state index contributed by atoms with van der Waals surface area (Å²) in [5, 5.41) is 3.34. The van der Waals surface area contributed by atoms with Crippen molar-refractivity contribution in [2.45, 2.75) is 25.8 Å². The van der Waals surface area contributed by atoms with Gasteiger partial charge in [0.15, 0.2) is 0 Å². The Bertz CT molecular complexity index is 1090. The van der Waals surface area contributed by atoms with Gasteiger partial charge in [-0.05, 0) is 60.7 Å². The molecule has 1 aromatic heterocycles. The van der Waals surface area contributed by atoms with Gasteiger partial charge in [0.2, 0.25) is 0 Å². The van der Waals surface area contributed by atoms with Gasteiger partial charge in [0.25, 0.3) is 11.8 Å². The molecule has 2 aromatic carbocycles. The first-order valence-electron chi connectivity index (χ1n) is 9.46. The van der Waals surface area contributed by atoms with Crippen LogP contribution in [0.5, 0.6) is 0 Å². The quantitative estimate of drug-likeness (QED) is 0.644. The maximum atomic E-state index is 13.4. The van der Waals surface area contributed by atoms with Crippen LogP contribution in [0.3, 0.4) is 0 Å². The lowest BCUT2D eigenvalue weighted by Crippen LogP contribution is -2.29. The summed E-state index contributed by atoms with van der Waals surface area (Å²) in [5.41, 5.74) is 3.55. The van der Waals surface area contributed by atoms with E-state index in [-0.39, 0.29) is 17.5 Å². The maximum absolute atomic E-state index is 13.4. The first-order chi connectivity index (χ1) is 13.9. The molecule has 0 spiro atoms. The highest BCUT2D eigenvalue weighted by molar-refractivity contribution is 7.18. The van der Waals surface area contributed by atoms with Crippen LogP contribution in [0, 0.1) is 12.7 Å². The number of aryl methyl sites for hydroxylation is 2. The van der Waals surface area contributed by atoms with Gasteiger partial charge >= 0.3 is 0 Å². The Morgan fingerprint density at radius 1 is 1.14 bits per heavy atom. The molecule has 4 nitrogen and oxygen atoms in total. The van der Waals surface area contributed by atoms with Crippen molar-refractivity contribution in [3.05, 3.63) is 87.5 Å². The predicted molar refractivity (Wildman–Crippen MR) is 113 cm³/mol. The topological polar surface area (TPSA) is 49.4 Å². The molecule has 4 rings (SSSR count). The lowest BCUT2D eigenvalue weighted by molar-refractivity contribution is 0.0734. The Hall–Kier alpha value is -2.99. The fourth-order valence-corrected chi connectivity index (χ4v) is 4.86. The molecule has 0 radical (unpaired) electrons. The third-order valence-electron chi connectivity index (χ3n) is 5.32. The Labute approximate surface area is 173 Å². The first-order valence-corrected chi connectivity index (χ1v) is 10.3. The number of hydrogen-bond acceptors (Lipinski definition) is 3. The molecule has 1 aliphatic rings. The van der Waals surface area contributed by atoms with Crippen molar-refractivity contribution in [1.82, 2.24) is 4.90 Å². The second-order valence-corrected chi connectivity index (χ2v) is 8.31. The average Bonchev–Trinajstić information content (AvgIpc) is 3.30. The number of hydrogen-bond donors (Lipinski definition) is 1. The normalized spacial score (nSPS) is 15.1. The molecule has 2 amide bonds. The summed E-state index contributed by atoms with van der Waals surface area (Å²) in [6.45, 7) is 1.86. The third kappa shape index (κ3) is 3.80. The van der Waals surface area contributed by atoms with Crippen molar-refractivity contribution in [2.75, 3.05) is 12.4 Å². The number of anilines is 1. The zero-order chi connectivity index (χ0) is 20.5. The number of amides is 2. The molecule has 0 saturated carbocycles. The molecular weight excluding hydrogens is 387 g/mol. The highest BCUT2D eigenvalue weighted by Crippen LogP contribution is 2.37. The molecule has 1 unspecified atom stereocenters. The van der Waals surface area contributed by atoms with Crippen molar-refractivity contribution >= 4 is 28.2 Å². The fourth-order valence-electron chi connectivity index (χ4n) is 3.81. The van der Waals surface area contributed by atoms with E-state index >= 15 is 0 Å². The van der Waals surface area contributed by atoms with E-state index in [1.54, 1.807) is 17.0 Å². The van der Waals surface area contributed by atoms with Crippen LogP contribution < -0.4 is 5.32 Å². The molecule has 148 valence electrons. The summed E-state index contributed by atoms with van der Waals surface area (Å²) in [5.74, 6) is -0.919. The molecule has 0 saturated heterocycles. The maximum Gasteiger partial charge on any atom is 0.264 e. The number of carbonyl (C=O) groups is 2. The van der Waals surface area contributed by atoms with Crippen LogP contribution in [0.2, 0.25) is 0 Å². The zero-order valence-corrected chi connectivity index (χ0v) is 17.1. The highest BCUT2D eigenvalue weighted by Gasteiger charge is 2.30. The van der Waals surface area contributed by atoms with Crippen LogP contribution in [0.25, 0.3) is 0 Å². The summed E-state index contributed by atoms with van der Waals surface area (Å²) in [7, 11) is 1.83. The number of rotatable bonds is 4. The summed E-state index contributed by atoms with van der Waals surface area (Å²) >= 11 is 1.25. The summed E-state index contributed by atoms with van der Waals surface area (Å²) in [6, 6.07) is 15.6. The van der Waals surface area contributed by atoms with E-state index in [4.69, 9.17) is 0 Å². The second kappa shape index (κ2) is 7.79. The molecule has 1 heterocycles. The summed E-state index contributed by atoms with van der Waals surface area (Å²) < 4.78 is 13.4. The Morgan fingerprint density at radius 2 is 1.93 bits per heavy atom. The van der Waals surface area contributed by atoms with Crippen molar-refractivity contribution in [3.63, 3.8) is 0 Å². The summed E-state index contributed by atoms with van der Waals surface area (Å²) in [6.07, 6.45) is 1.88. The number of fused-ring (bicyclic) bond motifs is 1. The molecule has 29 heavy (non-hydrogen) atoms. The number of benzene rings is 2. The Morgan fingerprint density at radius 3 is 2.72 bits per heavy atom. The van der Waals surface area contributed by atoms with Crippen LogP contribution >= 0.6 is 11.3 Å². The molecule has 1 atom stereocenters. The van der Waals surface area contributed by atoms with Gasteiger partial charge in [0.1, 0.15) is 5.82 Å². The highest BCUT2D eigenvalue weighted by atomic mass is 32.1.